The fourth-order valence-corrected chi connectivity index (χ4v) is 2.43. The summed E-state index contributed by atoms with van der Waals surface area (Å²) < 4.78 is 28.1. The number of nitrogens with one attached hydrogen (secondary N) is 1. The summed E-state index contributed by atoms with van der Waals surface area (Å²) in [5, 5.41) is 3.18. The lowest BCUT2D eigenvalue weighted by atomic mass is 9.93. The molecule has 0 aromatic heterocycles. The van der Waals surface area contributed by atoms with Crippen LogP contribution in [-0.4, -0.2) is 6.54 Å². The SMILES string of the molecule is CCNC(c1cc(C)ccc1C)c1c(F)cccc1F. The smallest absolute Gasteiger partial charge is 0.131 e. The van der Waals surface area contributed by atoms with Crippen LogP contribution in [0.5, 0.6) is 0 Å². The summed E-state index contributed by atoms with van der Waals surface area (Å²) >= 11 is 0. The van der Waals surface area contributed by atoms with E-state index in [1.54, 1.807) is 0 Å². The fraction of sp³-hybridized carbons (Fsp3) is 0.294. The van der Waals surface area contributed by atoms with Gasteiger partial charge >= 0.3 is 0 Å². The second kappa shape index (κ2) is 6.14. The van der Waals surface area contributed by atoms with E-state index >= 15 is 0 Å². The Morgan fingerprint density at radius 1 is 1.05 bits per heavy atom. The van der Waals surface area contributed by atoms with E-state index in [0.29, 0.717) is 6.54 Å². The summed E-state index contributed by atoms with van der Waals surface area (Å²) in [5.74, 6) is -1.03. The molecule has 0 fully saturated rings. The Hall–Kier alpha value is -1.74. The molecule has 1 unspecified atom stereocenters. The van der Waals surface area contributed by atoms with Gasteiger partial charge in [-0.05, 0) is 43.7 Å². The molecule has 0 saturated heterocycles. The Balaban J connectivity index is 2.59. The molecule has 0 heterocycles. The molecule has 0 radical (unpaired) electrons. The van der Waals surface area contributed by atoms with Crippen molar-refractivity contribution in [1.29, 1.82) is 0 Å². The molecule has 0 aliphatic carbocycles. The van der Waals surface area contributed by atoms with Crippen LogP contribution in [0.25, 0.3) is 0 Å². The van der Waals surface area contributed by atoms with Gasteiger partial charge in [-0.3, -0.25) is 0 Å². The van der Waals surface area contributed by atoms with E-state index < -0.39 is 17.7 Å². The van der Waals surface area contributed by atoms with Gasteiger partial charge in [0.25, 0.3) is 0 Å². The van der Waals surface area contributed by atoms with Gasteiger partial charge in [0.05, 0.1) is 6.04 Å². The lowest BCUT2D eigenvalue weighted by Gasteiger charge is -2.22. The van der Waals surface area contributed by atoms with Gasteiger partial charge in [0, 0.05) is 5.56 Å². The topological polar surface area (TPSA) is 12.0 Å². The molecule has 20 heavy (non-hydrogen) atoms. The molecule has 0 spiro atoms. The molecule has 0 saturated carbocycles. The third-order valence-corrected chi connectivity index (χ3v) is 3.44. The van der Waals surface area contributed by atoms with Crippen LogP contribution in [0.1, 0.15) is 35.2 Å². The minimum Gasteiger partial charge on any atom is -0.306 e. The van der Waals surface area contributed by atoms with Crippen LogP contribution in [-0.2, 0) is 0 Å². The predicted octanol–water partition coefficient (Wildman–Crippen LogP) is 4.28. The van der Waals surface area contributed by atoms with Crippen LogP contribution in [0.15, 0.2) is 36.4 Å². The molecule has 0 bridgehead atoms. The first-order valence-corrected chi connectivity index (χ1v) is 6.79. The molecule has 1 nitrogen and oxygen atoms in total. The normalized spacial score (nSPS) is 12.4. The summed E-state index contributed by atoms with van der Waals surface area (Å²) in [6.45, 7) is 6.49. The molecule has 0 amide bonds. The van der Waals surface area contributed by atoms with E-state index in [9.17, 15) is 8.78 Å². The maximum absolute atomic E-state index is 14.1. The van der Waals surface area contributed by atoms with E-state index in [1.807, 2.05) is 39.0 Å². The number of benzene rings is 2. The van der Waals surface area contributed by atoms with Crippen LogP contribution < -0.4 is 5.32 Å². The van der Waals surface area contributed by atoms with Gasteiger partial charge in [-0.1, -0.05) is 36.8 Å². The largest absolute Gasteiger partial charge is 0.306 e. The van der Waals surface area contributed by atoms with Crippen LogP contribution >= 0.6 is 0 Å². The molecule has 1 N–H and O–H groups in total. The average molecular weight is 275 g/mol. The van der Waals surface area contributed by atoms with Crippen LogP contribution in [0, 0.1) is 25.5 Å². The first-order valence-electron chi connectivity index (χ1n) is 6.79. The first kappa shape index (κ1) is 14.7. The molecule has 0 aliphatic rings. The van der Waals surface area contributed by atoms with E-state index in [0.717, 1.165) is 16.7 Å². The highest BCUT2D eigenvalue weighted by atomic mass is 19.1. The minimum absolute atomic E-state index is 0.0862. The second-order valence-electron chi connectivity index (χ2n) is 4.99. The molecule has 2 aromatic carbocycles. The van der Waals surface area contributed by atoms with Crippen molar-refractivity contribution in [2.75, 3.05) is 6.54 Å². The zero-order chi connectivity index (χ0) is 14.7. The number of hydrogen-bond donors (Lipinski definition) is 1. The standard InChI is InChI=1S/C17H19F2N/c1-4-20-17(13-10-11(2)8-9-12(13)3)16-14(18)6-5-7-15(16)19/h5-10,17,20H,4H2,1-3H3. The Bertz CT molecular complexity index is 588. The zero-order valence-corrected chi connectivity index (χ0v) is 12.0. The second-order valence-corrected chi connectivity index (χ2v) is 4.99. The lowest BCUT2D eigenvalue weighted by molar-refractivity contribution is 0.509. The molecule has 2 aromatic rings. The van der Waals surface area contributed by atoms with E-state index in [4.69, 9.17) is 0 Å². The number of halogens is 2. The lowest BCUT2D eigenvalue weighted by Crippen LogP contribution is -2.25. The maximum atomic E-state index is 14.1. The van der Waals surface area contributed by atoms with Crippen molar-refractivity contribution < 1.29 is 8.78 Å². The Morgan fingerprint density at radius 3 is 2.30 bits per heavy atom. The summed E-state index contributed by atoms with van der Waals surface area (Å²) in [7, 11) is 0. The van der Waals surface area contributed by atoms with E-state index in [2.05, 4.69) is 5.32 Å². The van der Waals surface area contributed by atoms with Gasteiger partial charge in [0.1, 0.15) is 11.6 Å². The Labute approximate surface area is 118 Å². The average Bonchev–Trinajstić information content (AvgIpc) is 2.40. The van der Waals surface area contributed by atoms with Crippen LogP contribution in [0.4, 0.5) is 8.78 Å². The third-order valence-electron chi connectivity index (χ3n) is 3.44. The van der Waals surface area contributed by atoms with Crippen molar-refractivity contribution >= 4 is 0 Å². The van der Waals surface area contributed by atoms with Gasteiger partial charge in [-0.2, -0.15) is 0 Å². The number of rotatable bonds is 4. The van der Waals surface area contributed by atoms with Crippen LogP contribution in [0.2, 0.25) is 0 Å². The van der Waals surface area contributed by atoms with Crippen molar-refractivity contribution in [3.63, 3.8) is 0 Å². The summed E-state index contributed by atoms with van der Waals surface area (Å²) in [4.78, 5) is 0. The van der Waals surface area contributed by atoms with Crippen LogP contribution in [0.3, 0.4) is 0 Å². The molecule has 1 atom stereocenters. The molecule has 3 heteroatoms. The highest BCUT2D eigenvalue weighted by molar-refractivity contribution is 5.40. The van der Waals surface area contributed by atoms with Gasteiger partial charge in [0.2, 0.25) is 0 Å². The first-order chi connectivity index (χ1) is 9.54. The predicted molar refractivity (Wildman–Crippen MR) is 77.8 cm³/mol. The van der Waals surface area contributed by atoms with Crippen molar-refractivity contribution in [3.05, 3.63) is 70.3 Å². The van der Waals surface area contributed by atoms with Crippen molar-refractivity contribution in [1.82, 2.24) is 5.32 Å². The number of aryl methyl sites for hydroxylation is 2. The maximum Gasteiger partial charge on any atom is 0.131 e. The van der Waals surface area contributed by atoms with E-state index in [-0.39, 0.29) is 5.56 Å². The minimum atomic E-state index is -0.517. The van der Waals surface area contributed by atoms with Gasteiger partial charge in [-0.25, -0.2) is 8.78 Å². The monoisotopic (exact) mass is 275 g/mol. The molecule has 2 rings (SSSR count). The van der Waals surface area contributed by atoms with E-state index in [1.165, 1.54) is 18.2 Å². The summed E-state index contributed by atoms with van der Waals surface area (Å²) in [6, 6.07) is 9.48. The molecular weight excluding hydrogens is 256 g/mol. The van der Waals surface area contributed by atoms with Gasteiger partial charge in [-0.15, -0.1) is 0 Å². The Kier molecular flexibility index (Phi) is 4.50. The van der Waals surface area contributed by atoms with Gasteiger partial charge in [0.15, 0.2) is 0 Å². The van der Waals surface area contributed by atoms with Gasteiger partial charge < -0.3 is 5.32 Å². The molecule has 106 valence electrons. The van der Waals surface area contributed by atoms with Crippen molar-refractivity contribution in [2.45, 2.75) is 26.8 Å². The highest BCUT2D eigenvalue weighted by Crippen LogP contribution is 2.29. The fourth-order valence-electron chi connectivity index (χ4n) is 2.43. The number of hydrogen-bond acceptors (Lipinski definition) is 1. The summed E-state index contributed by atoms with van der Waals surface area (Å²) in [5.41, 5.74) is 3.09. The van der Waals surface area contributed by atoms with Crippen molar-refractivity contribution in [3.8, 4) is 0 Å². The molecular formula is C17H19F2N. The van der Waals surface area contributed by atoms with Crippen molar-refractivity contribution in [2.24, 2.45) is 0 Å². The Morgan fingerprint density at radius 2 is 1.70 bits per heavy atom. The highest BCUT2D eigenvalue weighted by Gasteiger charge is 2.22. The third kappa shape index (κ3) is 2.88. The zero-order valence-electron chi connectivity index (χ0n) is 12.0. The summed E-state index contributed by atoms with van der Waals surface area (Å²) in [6.07, 6.45) is 0. The molecule has 0 aliphatic heterocycles. The quantitative estimate of drug-likeness (QED) is 0.878.